The Kier molecular flexibility index (Phi) is 9.33. The first-order valence-corrected chi connectivity index (χ1v) is 16.0. The van der Waals surface area contributed by atoms with Crippen molar-refractivity contribution in [1.29, 1.82) is 0 Å². The molecule has 0 saturated carbocycles. The van der Waals surface area contributed by atoms with Gasteiger partial charge in [0.25, 0.3) is 0 Å². The zero-order valence-electron chi connectivity index (χ0n) is 17.5. The molecular formula is C16H39NO5P2Si. The van der Waals surface area contributed by atoms with Gasteiger partial charge in [-0.2, -0.15) is 0 Å². The van der Waals surface area contributed by atoms with Crippen LogP contribution in [0.25, 0.3) is 0 Å². The van der Waals surface area contributed by atoms with E-state index < -0.39 is 28.1 Å². The monoisotopic (exact) mass is 415 g/mol. The molecule has 9 heteroatoms. The molecule has 0 aliphatic carbocycles. The molecule has 2 atom stereocenters. The highest BCUT2D eigenvalue weighted by molar-refractivity contribution is 7.78. The lowest BCUT2D eigenvalue weighted by molar-refractivity contribution is 0.147. The maximum Gasteiger partial charge on any atom is 0.239 e. The van der Waals surface area contributed by atoms with E-state index >= 15 is 0 Å². The predicted molar refractivity (Wildman–Crippen MR) is 110 cm³/mol. The van der Waals surface area contributed by atoms with Crippen molar-refractivity contribution in [3.05, 3.63) is 0 Å². The molecule has 0 rings (SSSR count). The Morgan fingerprint density at radius 3 is 1.64 bits per heavy atom. The molecule has 0 fully saturated rings. The molecule has 25 heavy (non-hydrogen) atoms. The highest BCUT2D eigenvalue weighted by Gasteiger charge is 2.62. The van der Waals surface area contributed by atoms with Crippen molar-refractivity contribution in [3.63, 3.8) is 0 Å². The third-order valence-electron chi connectivity index (χ3n) is 4.95. The van der Waals surface area contributed by atoms with Gasteiger partial charge in [-0.25, -0.2) is 0 Å². The molecule has 0 aliphatic rings. The van der Waals surface area contributed by atoms with Crippen molar-refractivity contribution in [2.24, 2.45) is 5.73 Å². The van der Waals surface area contributed by atoms with Crippen LogP contribution in [0.2, 0.25) is 18.1 Å². The van der Waals surface area contributed by atoms with Crippen molar-refractivity contribution in [3.8, 4) is 0 Å². The molecule has 0 heterocycles. The lowest BCUT2D eigenvalue weighted by atomic mass is 10.2. The highest BCUT2D eigenvalue weighted by atomic mass is 31.2. The van der Waals surface area contributed by atoms with Gasteiger partial charge in [0, 0.05) is 13.3 Å². The van der Waals surface area contributed by atoms with E-state index in [0.717, 1.165) is 0 Å². The van der Waals surface area contributed by atoms with Crippen LogP contribution >= 0.6 is 14.7 Å². The van der Waals surface area contributed by atoms with Crippen LogP contribution in [0.4, 0.5) is 0 Å². The van der Waals surface area contributed by atoms with Crippen LogP contribution in [-0.2, 0) is 22.6 Å². The average molecular weight is 416 g/mol. The zero-order chi connectivity index (χ0) is 20.2. The van der Waals surface area contributed by atoms with Gasteiger partial charge in [0.2, 0.25) is 19.8 Å². The summed E-state index contributed by atoms with van der Waals surface area (Å²) < 4.78 is 45.2. The maximum atomic E-state index is 13.7. The summed E-state index contributed by atoms with van der Waals surface area (Å²) in [6.07, 6.45) is 0.821. The second kappa shape index (κ2) is 9.14. The first kappa shape index (κ1) is 25.5. The molecule has 0 aromatic rings. The molecule has 0 aromatic carbocycles. The summed E-state index contributed by atoms with van der Waals surface area (Å²) in [4.78, 5) is 0. The van der Waals surface area contributed by atoms with Gasteiger partial charge in [-0.1, -0.05) is 20.8 Å². The van der Waals surface area contributed by atoms with Crippen molar-refractivity contribution in [1.82, 2.24) is 0 Å². The normalized spacial score (nSPS) is 20.6. The molecule has 152 valence electrons. The summed E-state index contributed by atoms with van der Waals surface area (Å²) in [7, 11) is -9.24. The summed E-state index contributed by atoms with van der Waals surface area (Å²) in [5, 5.41) is -1.60. The van der Waals surface area contributed by atoms with Gasteiger partial charge < -0.3 is 19.2 Å². The summed E-state index contributed by atoms with van der Waals surface area (Å²) in [6.45, 7) is 17.9. The molecule has 0 aromatic heterocycles. The van der Waals surface area contributed by atoms with E-state index in [0.29, 0.717) is 13.0 Å². The number of hydrogen-bond acceptors (Lipinski definition) is 6. The summed E-state index contributed by atoms with van der Waals surface area (Å²) >= 11 is 0. The van der Waals surface area contributed by atoms with E-state index in [9.17, 15) is 9.13 Å². The van der Waals surface area contributed by atoms with E-state index in [1.54, 1.807) is 13.8 Å². The number of rotatable bonds is 11. The van der Waals surface area contributed by atoms with E-state index in [1.165, 1.54) is 13.3 Å². The van der Waals surface area contributed by atoms with E-state index in [2.05, 4.69) is 33.9 Å². The van der Waals surface area contributed by atoms with Crippen LogP contribution in [0.15, 0.2) is 0 Å². The molecule has 2 unspecified atom stereocenters. The molecule has 0 spiro atoms. The Hall–Kier alpha value is 0.517. The van der Waals surface area contributed by atoms with Crippen LogP contribution in [0.1, 0.15) is 47.5 Å². The van der Waals surface area contributed by atoms with Gasteiger partial charge in [-0.3, -0.25) is 9.13 Å². The van der Waals surface area contributed by atoms with Gasteiger partial charge in [0.15, 0.2) is 8.32 Å². The zero-order valence-corrected chi connectivity index (χ0v) is 20.3. The molecule has 2 N–H and O–H groups in total. The van der Waals surface area contributed by atoms with Crippen LogP contribution in [0.5, 0.6) is 0 Å². The minimum Gasteiger partial charge on any atom is -0.395 e. The van der Waals surface area contributed by atoms with Gasteiger partial charge in [-0.15, -0.1) is 0 Å². The van der Waals surface area contributed by atoms with Crippen LogP contribution in [0.3, 0.4) is 0 Å². The molecule has 0 saturated heterocycles. The average Bonchev–Trinajstić information content (AvgIpc) is 2.41. The fourth-order valence-corrected chi connectivity index (χ4v) is 12.0. The summed E-state index contributed by atoms with van der Waals surface area (Å²) in [5.41, 5.74) is 5.71. The second-order valence-corrected chi connectivity index (χ2v) is 18.4. The van der Waals surface area contributed by atoms with E-state index in [4.69, 9.17) is 19.2 Å². The highest BCUT2D eigenvalue weighted by Crippen LogP contribution is 2.77. The van der Waals surface area contributed by atoms with Crippen molar-refractivity contribution in [2.45, 2.75) is 70.7 Å². The fraction of sp³-hybridized carbons (Fsp3) is 1.00. The lowest BCUT2D eigenvalue weighted by Gasteiger charge is -2.49. The molecule has 0 radical (unpaired) electrons. The Balaban J connectivity index is 6.49. The SMILES string of the molecule is CCOP(C)(=O)C(CCCN)(O[Si](C)(C)C(C)(C)C)P(C)(=O)OCC. The third-order valence-corrected chi connectivity index (χ3v) is 16.6. The molecule has 0 bridgehead atoms. The van der Waals surface area contributed by atoms with Gasteiger partial charge in [0.05, 0.1) is 13.2 Å². The first-order chi connectivity index (χ1) is 11.1. The Labute approximate surface area is 155 Å². The molecule has 0 aliphatic heterocycles. The van der Waals surface area contributed by atoms with Crippen molar-refractivity contribution < 1.29 is 22.6 Å². The Morgan fingerprint density at radius 1 is 0.960 bits per heavy atom. The molecular weight excluding hydrogens is 376 g/mol. The largest absolute Gasteiger partial charge is 0.395 e. The topological polar surface area (TPSA) is 87.9 Å². The van der Waals surface area contributed by atoms with Crippen molar-refractivity contribution >= 4 is 23.1 Å². The van der Waals surface area contributed by atoms with Gasteiger partial charge in [0.1, 0.15) is 0 Å². The summed E-state index contributed by atoms with van der Waals surface area (Å²) in [6, 6.07) is 0. The predicted octanol–water partition coefficient (Wildman–Crippen LogP) is 5.29. The Bertz CT molecular complexity index is 493. The second-order valence-electron chi connectivity index (χ2n) is 8.03. The summed E-state index contributed by atoms with van der Waals surface area (Å²) in [5.74, 6) is 0. The van der Waals surface area contributed by atoms with Crippen LogP contribution < -0.4 is 5.73 Å². The van der Waals surface area contributed by atoms with E-state index in [-0.39, 0.29) is 24.7 Å². The first-order valence-electron chi connectivity index (χ1n) is 8.98. The quantitative estimate of drug-likeness (QED) is 0.364. The fourth-order valence-electron chi connectivity index (χ4n) is 2.54. The number of nitrogens with two attached hydrogens (primary N) is 1. The van der Waals surface area contributed by atoms with Crippen molar-refractivity contribution in [2.75, 3.05) is 33.1 Å². The lowest BCUT2D eigenvalue weighted by Crippen LogP contribution is -2.50. The van der Waals surface area contributed by atoms with Gasteiger partial charge in [-0.05, 0) is 51.4 Å². The van der Waals surface area contributed by atoms with Gasteiger partial charge >= 0.3 is 0 Å². The minimum atomic E-state index is -3.41. The number of hydrogen-bond donors (Lipinski definition) is 1. The van der Waals surface area contributed by atoms with E-state index in [1.807, 2.05) is 0 Å². The molecule has 0 amide bonds. The standard InChI is InChI=1S/C16H39NO5P2Si/c1-10-20-23(6,18)16(13-12-14-17,24(7,19)21-11-2)22-25(8,9)15(3,4)5/h10-14,17H2,1-9H3. The van der Waals surface area contributed by atoms with Crippen LogP contribution in [0, 0.1) is 0 Å². The Morgan fingerprint density at radius 2 is 1.36 bits per heavy atom. The molecule has 6 nitrogen and oxygen atoms in total. The van der Waals surface area contributed by atoms with Crippen LogP contribution in [-0.4, -0.2) is 46.5 Å². The third kappa shape index (κ3) is 5.74. The smallest absolute Gasteiger partial charge is 0.239 e. The minimum absolute atomic E-state index is 0.139. The maximum absolute atomic E-state index is 13.7.